The van der Waals surface area contributed by atoms with E-state index in [0.717, 1.165) is 12.3 Å². The average molecular weight is 215 g/mol. The Labute approximate surface area is 93.0 Å². The quantitative estimate of drug-likeness (QED) is 0.709. The summed E-state index contributed by atoms with van der Waals surface area (Å²) in [6, 6.07) is -0.117. The van der Waals surface area contributed by atoms with Crippen LogP contribution in [0.3, 0.4) is 0 Å². The van der Waals surface area contributed by atoms with Gasteiger partial charge >= 0.3 is 0 Å². The highest BCUT2D eigenvalue weighted by Gasteiger charge is 2.23. The van der Waals surface area contributed by atoms with Gasteiger partial charge in [-0.3, -0.25) is 0 Å². The molecule has 0 amide bonds. The number of aliphatic hydroxyl groups is 1. The van der Waals surface area contributed by atoms with Crippen LogP contribution in [0.5, 0.6) is 0 Å². The fourth-order valence-electron chi connectivity index (χ4n) is 2.32. The Hall–Kier alpha value is -0.120. The van der Waals surface area contributed by atoms with E-state index in [-0.39, 0.29) is 12.6 Å². The molecular weight excluding hydrogens is 190 g/mol. The van der Waals surface area contributed by atoms with Gasteiger partial charge in [0.1, 0.15) is 0 Å². The maximum absolute atomic E-state index is 8.79. The first-order valence-corrected chi connectivity index (χ1v) is 6.26. The Balaban J connectivity index is 2.17. The summed E-state index contributed by atoms with van der Waals surface area (Å²) >= 11 is 0. The molecule has 3 atom stereocenters. The van der Waals surface area contributed by atoms with Crippen molar-refractivity contribution in [2.45, 2.75) is 57.6 Å². The normalized spacial score (nSPS) is 29.0. The monoisotopic (exact) mass is 215 g/mol. The van der Waals surface area contributed by atoms with Crippen molar-refractivity contribution in [1.29, 1.82) is 0 Å². The van der Waals surface area contributed by atoms with Gasteiger partial charge in [-0.05, 0) is 25.2 Å². The molecule has 0 aromatic heterocycles. The van der Waals surface area contributed by atoms with Crippen molar-refractivity contribution in [3.8, 4) is 0 Å². The molecule has 3 N–H and O–H groups in total. The number of nitrogens with two attached hydrogens (primary N) is 1. The second-order valence-electron chi connectivity index (χ2n) is 4.59. The van der Waals surface area contributed by atoms with Gasteiger partial charge in [0.05, 0.1) is 12.7 Å². The predicted octanol–water partition coefficient (Wildman–Crippen LogP) is 1.68. The molecule has 3 unspecified atom stereocenters. The van der Waals surface area contributed by atoms with Crippen molar-refractivity contribution in [3.05, 3.63) is 0 Å². The maximum Gasteiger partial charge on any atom is 0.0603 e. The summed E-state index contributed by atoms with van der Waals surface area (Å²) in [5.74, 6) is 0.740. The van der Waals surface area contributed by atoms with Crippen LogP contribution in [-0.4, -0.2) is 30.5 Å². The van der Waals surface area contributed by atoms with Gasteiger partial charge in [0.15, 0.2) is 0 Å². The van der Waals surface area contributed by atoms with Gasteiger partial charge in [0.25, 0.3) is 0 Å². The summed E-state index contributed by atoms with van der Waals surface area (Å²) in [6.45, 7) is 3.00. The second-order valence-corrected chi connectivity index (χ2v) is 4.59. The Bertz CT molecular complexity index is 164. The average Bonchev–Trinajstić information content (AvgIpc) is 2.29. The molecule has 1 aliphatic rings. The number of hydrogen-bond acceptors (Lipinski definition) is 3. The van der Waals surface area contributed by atoms with Gasteiger partial charge in [-0.1, -0.05) is 26.2 Å². The first-order valence-electron chi connectivity index (χ1n) is 6.26. The van der Waals surface area contributed by atoms with Crippen LogP contribution in [0.1, 0.15) is 45.4 Å². The highest BCUT2D eigenvalue weighted by molar-refractivity contribution is 4.75. The lowest BCUT2D eigenvalue weighted by molar-refractivity contribution is -0.0158. The van der Waals surface area contributed by atoms with Crippen LogP contribution in [0.25, 0.3) is 0 Å². The molecule has 3 heteroatoms. The Morgan fingerprint density at radius 1 is 1.40 bits per heavy atom. The second kappa shape index (κ2) is 7.20. The lowest BCUT2D eigenvalue weighted by atomic mass is 9.85. The minimum atomic E-state index is -0.117. The van der Waals surface area contributed by atoms with Gasteiger partial charge in [0, 0.05) is 12.6 Å². The van der Waals surface area contributed by atoms with Crippen LogP contribution in [0.4, 0.5) is 0 Å². The van der Waals surface area contributed by atoms with E-state index in [0.29, 0.717) is 12.7 Å². The van der Waals surface area contributed by atoms with Crippen molar-refractivity contribution in [2.75, 3.05) is 13.2 Å². The van der Waals surface area contributed by atoms with Gasteiger partial charge in [-0.2, -0.15) is 0 Å². The smallest absolute Gasteiger partial charge is 0.0603 e. The Morgan fingerprint density at radius 3 is 2.80 bits per heavy atom. The lowest BCUT2D eigenvalue weighted by Gasteiger charge is -2.31. The van der Waals surface area contributed by atoms with Crippen LogP contribution in [-0.2, 0) is 4.74 Å². The van der Waals surface area contributed by atoms with Gasteiger partial charge < -0.3 is 15.6 Å². The molecule has 0 saturated heterocycles. The van der Waals surface area contributed by atoms with Crippen LogP contribution in [0, 0.1) is 5.92 Å². The van der Waals surface area contributed by atoms with Crippen LogP contribution < -0.4 is 5.73 Å². The third-order valence-corrected chi connectivity index (χ3v) is 3.42. The SMILES string of the molecule is CCC1CCCCC1OCCC(N)CO. The molecule has 0 bridgehead atoms. The summed E-state index contributed by atoms with van der Waals surface area (Å²) in [5.41, 5.74) is 5.63. The minimum absolute atomic E-state index is 0.0607. The molecular formula is C12H25NO2. The summed E-state index contributed by atoms with van der Waals surface area (Å²) < 4.78 is 5.87. The first kappa shape index (κ1) is 12.9. The van der Waals surface area contributed by atoms with E-state index in [4.69, 9.17) is 15.6 Å². The fourth-order valence-corrected chi connectivity index (χ4v) is 2.32. The van der Waals surface area contributed by atoms with Crippen LogP contribution in [0.2, 0.25) is 0 Å². The van der Waals surface area contributed by atoms with Crippen molar-refractivity contribution in [2.24, 2.45) is 11.7 Å². The zero-order valence-corrected chi connectivity index (χ0v) is 9.82. The van der Waals surface area contributed by atoms with Crippen molar-refractivity contribution < 1.29 is 9.84 Å². The van der Waals surface area contributed by atoms with Gasteiger partial charge in [-0.15, -0.1) is 0 Å². The molecule has 90 valence electrons. The zero-order valence-electron chi connectivity index (χ0n) is 9.82. The first-order chi connectivity index (χ1) is 7.27. The van der Waals surface area contributed by atoms with Gasteiger partial charge in [0.2, 0.25) is 0 Å². The molecule has 15 heavy (non-hydrogen) atoms. The molecule has 1 aliphatic carbocycles. The highest BCUT2D eigenvalue weighted by atomic mass is 16.5. The molecule has 0 aromatic carbocycles. The Morgan fingerprint density at radius 2 is 2.13 bits per heavy atom. The topological polar surface area (TPSA) is 55.5 Å². The summed E-state index contributed by atoms with van der Waals surface area (Å²) in [7, 11) is 0. The van der Waals surface area contributed by atoms with Crippen molar-refractivity contribution in [1.82, 2.24) is 0 Å². The fraction of sp³-hybridized carbons (Fsp3) is 1.00. The predicted molar refractivity (Wildman–Crippen MR) is 61.7 cm³/mol. The van der Waals surface area contributed by atoms with Crippen LogP contribution >= 0.6 is 0 Å². The summed E-state index contributed by atoms with van der Waals surface area (Å²) in [5, 5.41) is 8.79. The molecule has 0 aromatic rings. The molecule has 1 saturated carbocycles. The van der Waals surface area contributed by atoms with E-state index in [1.807, 2.05) is 0 Å². The molecule has 0 spiro atoms. The summed E-state index contributed by atoms with van der Waals surface area (Å²) in [4.78, 5) is 0. The molecule has 0 radical (unpaired) electrons. The third kappa shape index (κ3) is 4.49. The molecule has 0 heterocycles. The van der Waals surface area contributed by atoms with E-state index in [9.17, 15) is 0 Å². The van der Waals surface area contributed by atoms with Gasteiger partial charge in [-0.25, -0.2) is 0 Å². The number of rotatable bonds is 6. The van der Waals surface area contributed by atoms with Crippen LogP contribution in [0.15, 0.2) is 0 Å². The largest absolute Gasteiger partial charge is 0.395 e. The zero-order chi connectivity index (χ0) is 11.1. The maximum atomic E-state index is 8.79. The number of aliphatic hydroxyl groups excluding tert-OH is 1. The minimum Gasteiger partial charge on any atom is -0.395 e. The number of ether oxygens (including phenoxy) is 1. The number of hydrogen-bond donors (Lipinski definition) is 2. The summed E-state index contributed by atoms with van der Waals surface area (Å²) in [6.07, 6.45) is 7.59. The lowest BCUT2D eigenvalue weighted by Crippen LogP contribution is -2.31. The molecule has 0 aliphatic heterocycles. The van der Waals surface area contributed by atoms with Crippen molar-refractivity contribution in [3.63, 3.8) is 0 Å². The van der Waals surface area contributed by atoms with Crippen molar-refractivity contribution >= 4 is 0 Å². The highest BCUT2D eigenvalue weighted by Crippen LogP contribution is 2.29. The molecule has 3 nitrogen and oxygen atoms in total. The molecule has 1 rings (SSSR count). The van der Waals surface area contributed by atoms with E-state index < -0.39 is 0 Å². The standard InChI is InChI=1S/C12H25NO2/c1-2-10-5-3-4-6-12(10)15-8-7-11(13)9-14/h10-12,14H,2-9,13H2,1H3. The Kier molecular flexibility index (Phi) is 6.22. The van der Waals surface area contributed by atoms with E-state index >= 15 is 0 Å². The molecule has 1 fully saturated rings. The van der Waals surface area contributed by atoms with E-state index in [1.54, 1.807) is 0 Å². The third-order valence-electron chi connectivity index (χ3n) is 3.42. The van der Waals surface area contributed by atoms with E-state index in [2.05, 4.69) is 6.92 Å². The van der Waals surface area contributed by atoms with E-state index in [1.165, 1.54) is 32.1 Å².